The average molecular weight is 300 g/mol. The summed E-state index contributed by atoms with van der Waals surface area (Å²) in [5.74, 6) is -0.103. The van der Waals surface area contributed by atoms with E-state index in [9.17, 15) is 5.21 Å². The van der Waals surface area contributed by atoms with Gasteiger partial charge in [-0.25, -0.2) is 0 Å². The molecule has 1 unspecified atom stereocenters. The molecule has 0 radical (unpaired) electrons. The molecule has 0 heterocycles. The number of rotatable bonds is 3. The molecule has 0 saturated carbocycles. The number of guanidine groups is 2. The number of nitrogens with zero attached hydrogens (tertiary/aromatic N) is 2. The molecule has 0 fully saturated rings. The molecule has 0 aromatic heterocycles. The van der Waals surface area contributed by atoms with Gasteiger partial charge in [-0.3, -0.25) is 0 Å². The molecule has 114 valence electrons. The Labute approximate surface area is 127 Å². The van der Waals surface area contributed by atoms with Crippen LogP contribution in [0.1, 0.15) is 0 Å². The van der Waals surface area contributed by atoms with Crippen molar-refractivity contribution in [2.45, 2.75) is 0 Å². The van der Waals surface area contributed by atoms with Gasteiger partial charge in [0.1, 0.15) is 0 Å². The third kappa shape index (κ3) is 5.21. The maximum absolute atomic E-state index is 10.5. The van der Waals surface area contributed by atoms with E-state index in [1.807, 2.05) is 60.7 Å². The second-order valence-electron chi connectivity index (χ2n) is 4.20. The lowest BCUT2D eigenvalue weighted by atomic mass is 10.3. The lowest BCUT2D eigenvalue weighted by molar-refractivity contribution is -1.05. The summed E-state index contributed by atoms with van der Waals surface area (Å²) in [6.45, 7) is 0. The van der Waals surface area contributed by atoms with E-state index in [0.717, 1.165) is 11.4 Å². The van der Waals surface area contributed by atoms with Crippen LogP contribution in [0.15, 0.2) is 70.8 Å². The van der Waals surface area contributed by atoms with E-state index in [-0.39, 0.29) is 11.9 Å². The lowest BCUT2D eigenvalue weighted by Gasteiger charge is -2.12. The van der Waals surface area contributed by atoms with Crippen LogP contribution >= 0.6 is 0 Å². The normalized spacial score (nSPS) is 12.4. The minimum Gasteiger partial charge on any atom is -0.572 e. The monoisotopic (exact) mass is 300 g/mol. The Morgan fingerprint density at radius 1 is 0.955 bits per heavy atom. The topological polar surface area (TPSA) is 123 Å². The molecule has 8 heteroatoms. The van der Waals surface area contributed by atoms with Gasteiger partial charge in [0.15, 0.2) is 0 Å². The van der Waals surface area contributed by atoms with E-state index in [0.29, 0.717) is 0 Å². The van der Waals surface area contributed by atoms with Crippen LogP contribution in [0.5, 0.6) is 0 Å². The van der Waals surface area contributed by atoms with E-state index < -0.39 is 5.34 Å². The van der Waals surface area contributed by atoms with Crippen molar-refractivity contribution in [3.05, 3.63) is 65.9 Å². The summed E-state index contributed by atoms with van der Waals surface area (Å²) >= 11 is 0. The molecule has 2 aromatic carbocycles. The van der Waals surface area contributed by atoms with Gasteiger partial charge in [-0.2, -0.15) is 10.2 Å². The van der Waals surface area contributed by atoms with Crippen LogP contribution in [0, 0.1) is 5.21 Å². The van der Waals surface area contributed by atoms with E-state index in [2.05, 4.69) is 20.7 Å². The Kier molecular flexibility index (Phi) is 5.44. The summed E-state index contributed by atoms with van der Waals surface area (Å²) in [6.07, 6.45) is 0. The lowest BCUT2D eigenvalue weighted by Crippen LogP contribution is -2.99. The molecule has 0 spiro atoms. The number of hydrogen-bond donors (Lipinski definition) is 5. The van der Waals surface area contributed by atoms with Crippen LogP contribution < -0.4 is 21.7 Å². The number of anilines is 2. The number of aliphatic imine (C=N–C) groups is 1. The van der Waals surface area contributed by atoms with Crippen LogP contribution in [0.4, 0.5) is 11.4 Å². The Balaban J connectivity index is 2.22. The van der Waals surface area contributed by atoms with Gasteiger partial charge in [-0.15, -0.1) is 0 Å². The highest BCUT2D eigenvalue weighted by Gasteiger charge is 2.03. The van der Waals surface area contributed by atoms with E-state index in [1.54, 1.807) is 0 Å². The zero-order chi connectivity index (χ0) is 15.8. The van der Waals surface area contributed by atoms with Crippen LogP contribution in [0.2, 0.25) is 0 Å². The predicted molar refractivity (Wildman–Crippen MR) is 85.3 cm³/mol. The Morgan fingerprint density at radius 2 is 1.41 bits per heavy atom. The highest BCUT2D eigenvalue weighted by molar-refractivity contribution is 6.08. The molecule has 2 aromatic rings. The fourth-order valence-electron chi connectivity index (χ4n) is 1.64. The molecule has 0 aliphatic rings. The van der Waals surface area contributed by atoms with Crippen molar-refractivity contribution in [3.8, 4) is 0 Å². The first-order chi connectivity index (χ1) is 10.6. The van der Waals surface area contributed by atoms with E-state index in [4.69, 9.17) is 10.9 Å². The standard InChI is InChI=1S/C14H16N6O2/c15-13(19-20(21)22)18-14(16-11-7-3-1-4-8-11)17-12-9-5-2-6-10-12/h1-10,20-21H,(H4,15,16,17,18,19). The predicted octanol–water partition coefficient (Wildman–Crippen LogP) is 0.568. The maximum atomic E-state index is 10.5. The summed E-state index contributed by atoms with van der Waals surface area (Å²) in [5, 5.41) is 26.9. The number of nitrogens with two attached hydrogens (primary N) is 1. The third-order valence-corrected chi connectivity index (χ3v) is 2.51. The smallest absolute Gasteiger partial charge is 0.281 e. The van der Waals surface area contributed by atoms with Gasteiger partial charge in [-0.05, 0) is 29.4 Å². The molecule has 8 nitrogen and oxygen atoms in total. The summed E-state index contributed by atoms with van der Waals surface area (Å²) in [5.41, 5.74) is 7.03. The van der Waals surface area contributed by atoms with Crippen LogP contribution in [-0.2, 0) is 0 Å². The summed E-state index contributed by atoms with van der Waals surface area (Å²) in [7, 11) is 0. The highest BCUT2D eigenvalue weighted by atomic mass is 16.8. The van der Waals surface area contributed by atoms with E-state index in [1.165, 1.54) is 0 Å². The van der Waals surface area contributed by atoms with Crippen LogP contribution in [0.25, 0.3) is 0 Å². The molecule has 22 heavy (non-hydrogen) atoms. The van der Waals surface area contributed by atoms with E-state index >= 15 is 0 Å². The van der Waals surface area contributed by atoms with Crippen LogP contribution in [-0.4, -0.2) is 17.1 Å². The highest BCUT2D eigenvalue weighted by Crippen LogP contribution is 2.08. The number of benzene rings is 2. The molecular weight excluding hydrogens is 284 g/mol. The van der Waals surface area contributed by atoms with Crippen LogP contribution in [0.3, 0.4) is 0 Å². The molecule has 0 aliphatic carbocycles. The molecule has 0 bridgehead atoms. The summed E-state index contributed by atoms with van der Waals surface area (Å²) in [4.78, 5) is 3.95. The van der Waals surface area contributed by atoms with Gasteiger partial charge in [0.05, 0.1) is 0 Å². The average Bonchev–Trinajstić information content (AvgIpc) is 2.48. The fraction of sp³-hybridized carbons (Fsp3) is 0. The van der Waals surface area contributed by atoms with Gasteiger partial charge in [0.2, 0.25) is 5.96 Å². The largest absolute Gasteiger partial charge is 0.572 e. The molecule has 2 rings (SSSR count). The first-order valence-electron chi connectivity index (χ1n) is 6.43. The fourth-order valence-corrected chi connectivity index (χ4v) is 1.64. The van der Waals surface area contributed by atoms with Crippen molar-refractivity contribution >= 4 is 23.3 Å². The van der Waals surface area contributed by atoms with Crippen molar-refractivity contribution in [2.75, 3.05) is 10.6 Å². The Hall–Kier alpha value is -2.94. The van der Waals surface area contributed by atoms with Gasteiger partial charge < -0.3 is 21.6 Å². The van der Waals surface area contributed by atoms with Gasteiger partial charge in [-0.1, -0.05) is 41.7 Å². The molecule has 0 aliphatic heterocycles. The van der Waals surface area contributed by atoms with Crippen molar-refractivity contribution < 1.29 is 10.5 Å². The molecule has 6 N–H and O–H groups in total. The summed E-state index contributed by atoms with van der Waals surface area (Å²) in [6, 6.07) is 18.6. The van der Waals surface area contributed by atoms with Crippen molar-refractivity contribution in [3.63, 3.8) is 0 Å². The van der Waals surface area contributed by atoms with Gasteiger partial charge in [0, 0.05) is 11.4 Å². The first kappa shape index (κ1) is 15.4. The Bertz CT molecular complexity index is 599. The number of nitrogens with one attached hydrogen (secondary N) is 3. The SMILES string of the molecule is N/C(N=C(Nc1ccccc1)Nc1ccccc1)=N\[NH+]([O-])O. The number of quaternary nitrogens is 1. The van der Waals surface area contributed by atoms with Gasteiger partial charge >= 0.3 is 0 Å². The van der Waals surface area contributed by atoms with Gasteiger partial charge in [0.25, 0.3) is 5.96 Å². The zero-order valence-electron chi connectivity index (χ0n) is 11.6. The molecule has 0 amide bonds. The third-order valence-electron chi connectivity index (χ3n) is 2.51. The molecule has 1 atom stereocenters. The minimum absolute atomic E-state index is 0.264. The maximum Gasteiger partial charge on any atom is 0.281 e. The number of hydrogen-bond acceptors (Lipinski definition) is 3. The van der Waals surface area contributed by atoms with Crippen molar-refractivity contribution in [1.29, 1.82) is 0 Å². The molecular formula is C14H16N6O2. The zero-order valence-corrected chi connectivity index (χ0v) is 11.6. The minimum atomic E-state index is -1.40. The second-order valence-corrected chi connectivity index (χ2v) is 4.20. The quantitative estimate of drug-likeness (QED) is 0.322. The summed E-state index contributed by atoms with van der Waals surface area (Å²) < 4.78 is 0. The van der Waals surface area contributed by atoms with Crippen molar-refractivity contribution in [1.82, 2.24) is 0 Å². The second kappa shape index (κ2) is 7.74. The Morgan fingerprint density at radius 3 is 1.82 bits per heavy atom. The molecule has 0 saturated heterocycles. The number of para-hydroxylation sites is 2. The van der Waals surface area contributed by atoms with Crippen molar-refractivity contribution in [2.24, 2.45) is 15.8 Å². The first-order valence-corrected chi connectivity index (χ1v) is 6.43.